The van der Waals surface area contributed by atoms with E-state index in [4.69, 9.17) is 5.10 Å². The van der Waals surface area contributed by atoms with Crippen LogP contribution in [0.1, 0.15) is 16.8 Å². The van der Waals surface area contributed by atoms with E-state index >= 15 is 0 Å². The van der Waals surface area contributed by atoms with Crippen molar-refractivity contribution in [3.63, 3.8) is 0 Å². The predicted octanol–water partition coefficient (Wildman–Crippen LogP) is 4.09. The summed E-state index contributed by atoms with van der Waals surface area (Å²) in [5, 5.41) is 4.87. The van der Waals surface area contributed by atoms with Gasteiger partial charge >= 0.3 is 0 Å². The van der Waals surface area contributed by atoms with E-state index in [2.05, 4.69) is 39.1 Å². The second kappa shape index (κ2) is 7.47. The van der Waals surface area contributed by atoms with Crippen LogP contribution in [-0.2, 0) is 19.5 Å². The molecule has 3 heterocycles. The minimum Gasteiger partial charge on any atom is -0.367 e. The summed E-state index contributed by atoms with van der Waals surface area (Å²) in [5.41, 5.74) is 5.89. The lowest BCUT2D eigenvalue weighted by Gasteiger charge is -2.30. The number of benzene rings is 2. The molecule has 4 aromatic rings. The summed E-state index contributed by atoms with van der Waals surface area (Å²) in [6, 6.07) is 17.3. The summed E-state index contributed by atoms with van der Waals surface area (Å²) < 4.78 is 16.2. The van der Waals surface area contributed by atoms with Gasteiger partial charge in [0.15, 0.2) is 0 Å². The van der Waals surface area contributed by atoms with Crippen LogP contribution in [0.4, 0.5) is 10.1 Å². The van der Waals surface area contributed by atoms with Crippen LogP contribution in [0, 0.1) is 5.82 Å². The average Bonchev–Trinajstić information content (AvgIpc) is 3.14. The van der Waals surface area contributed by atoms with Crippen LogP contribution < -0.4 is 4.90 Å². The van der Waals surface area contributed by atoms with E-state index in [0.717, 1.165) is 42.0 Å². The Hall–Kier alpha value is -3.54. The summed E-state index contributed by atoms with van der Waals surface area (Å²) in [5.74, 6) is -0.205. The number of halogens is 1. The Morgan fingerprint density at radius 3 is 2.48 bits per heavy atom. The molecule has 0 N–H and O–H groups in total. The largest absolute Gasteiger partial charge is 0.367 e. The van der Waals surface area contributed by atoms with E-state index in [-0.39, 0.29) is 5.82 Å². The van der Waals surface area contributed by atoms with Crippen molar-refractivity contribution in [3.8, 4) is 11.3 Å². The van der Waals surface area contributed by atoms with Gasteiger partial charge in [-0.1, -0.05) is 36.4 Å². The molecule has 0 radical (unpaired) electrons. The number of nitrogens with zero attached hydrogens (tertiary/aromatic N) is 5. The number of aromatic nitrogens is 4. The van der Waals surface area contributed by atoms with Gasteiger partial charge in [-0.05, 0) is 18.2 Å². The van der Waals surface area contributed by atoms with Crippen molar-refractivity contribution < 1.29 is 4.39 Å². The Morgan fingerprint density at radius 1 is 0.931 bits per heavy atom. The van der Waals surface area contributed by atoms with Crippen LogP contribution >= 0.6 is 0 Å². The lowest BCUT2D eigenvalue weighted by atomic mass is 10.0. The molecule has 1 aliphatic heterocycles. The first-order valence-corrected chi connectivity index (χ1v) is 9.67. The molecule has 0 spiro atoms. The van der Waals surface area contributed by atoms with Gasteiger partial charge in [-0.3, -0.25) is 4.68 Å². The van der Waals surface area contributed by atoms with Crippen molar-refractivity contribution >= 4 is 5.69 Å². The summed E-state index contributed by atoms with van der Waals surface area (Å²) in [4.78, 5) is 10.7. The fourth-order valence-electron chi connectivity index (χ4n) is 3.92. The molecule has 0 saturated carbocycles. The lowest BCUT2D eigenvalue weighted by Crippen LogP contribution is -2.31. The number of rotatable bonds is 4. The summed E-state index contributed by atoms with van der Waals surface area (Å²) in [6.45, 7) is 2.06. The van der Waals surface area contributed by atoms with Gasteiger partial charge in [0.25, 0.3) is 0 Å². The summed E-state index contributed by atoms with van der Waals surface area (Å²) in [6.07, 6.45) is 5.93. The van der Waals surface area contributed by atoms with Gasteiger partial charge in [0, 0.05) is 60.0 Å². The summed E-state index contributed by atoms with van der Waals surface area (Å²) >= 11 is 0. The smallest absolute Gasteiger partial charge is 0.128 e. The Kier molecular flexibility index (Phi) is 4.52. The predicted molar refractivity (Wildman–Crippen MR) is 110 cm³/mol. The van der Waals surface area contributed by atoms with Gasteiger partial charge in [-0.15, -0.1) is 0 Å². The van der Waals surface area contributed by atoms with E-state index in [1.165, 1.54) is 18.1 Å². The molecule has 0 amide bonds. The van der Waals surface area contributed by atoms with Crippen LogP contribution in [-0.4, -0.2) is 26.3 Å². The van der Waals surface area contributed by atoms with Crippen LogP contribution in [0.2, 0.25) is 0 Å². The third kappa shape index (κ3) is 3.38. The highest BCUT2D eigenvalue weighted by molar-refractivity contribution is 5.64. The molecular formula is C23H20FN5. The molecule has 144 valence electrons. The zero-order chi connectivity index (χ0) is 19.6. The maximum Gasteiger partial charge on any atom is 0.128 e. The highest BCUT2D eigenvalue weighted by Crippen LogP contribution is 2.32. The van der Waals surface area contributed by atoms with Crippen LogP contribution in [0.25, 0.3) is 11.3 Å². The molecule has 0 atom stereocenters. The average molecular weight is 385 g/mol. The molecule has 5 rings (SSSR count). The minimum absolute atomic E-state index is 0.205. The van der Waals surface area contributed by atoms with E-state index < -0.39 is 0 Å². The normalized spacial score (nSPS) is 13.3. The number of para-hydroxylation sites is 1. The van der Waals surface area contributed by atoms with E-state index in [1.807, 2.05) is 22.9 Å². The van der Waals surface area contributed by atoms with Crippen LogP contribution in [0.5, 0.6) is 0 Å². The second-order valence-corrected chi connectivity index (χ2v) is 7.16. The molecule has 0 aliphatic carbocycles. The first kappa shape index (κ1) is 17.6. The molecule has 6 heteroatoms. The summed E-state index contributed by atoms with van der Waals surface area (Å²) in [7, 11) is 0. The van der Waals surface area contributed by atoms with Gasteiger partial charge in [0.2, 0.25) is 0 Å². The fourth-order valence-corrected chi connectivity index (χ4v) is 3.92. The Bertz CT molecular complexity index is 1120. The van der Waals surface area contributed by atoms with Crippen molar-refractivity contribution in [1.29, 1.82) is 0 Å². The number of anilines is 1. The van der Waals surface area contributed by atoms with Crippen molar-refractivity contribution in [2.45, 2.75) is 19.5 Å². The van der Waals surface area contributed by atoms with Crippen molar-refractivity contribution in [1.82, 2.24) is 19.7 Å². The topological polar surface area (TPSA) is 46.8 Å². The molecule has 0 saturated heterocycles. The quantitative estimate of drug-likeness (QED) is 0.531. The van der Waals surface area contributed by atoms with E-state index in [0.29, 0.717) is 12.1 Å². The zero-order valence-corrected chi connectivity index (χ0v) is 15.9. The first-order valence-electron chi connectivity index (χ1n) is 9.67. The van der Waals surface area contributed by atoms with Crippen LogP contribution in [0.3, 0.4) is 0 Å². The monoisotopic (exact) mass is 385 g/mol. The van der Waals surface area contributed by atoms with Gasteiger partial charge in [-0.2, -0.15) is 5.10 Å². The van der Waals surface area contributed by atoms with Crippen molar-refractivity contribution in [3.05, 3.63) is 96.0 Å². The Labute approximate surface area is 168 Å². The zero-order valence-electron chi connectivity index (χ0n) is 15.9. The highest BCUT2D eigenvalue weighted by atomic mass is 19.1. The molecule has 2 aromatic carbocycles. The standard InChI is InChI=1S/C23H20FN5/c24-21-9-5-4-6-17(21)14-29-22-10-11-28(19-7-2-1-3-8-19)15-20(22)23(27-29)18-12-25-16-26-13-18/h1-9,12-13,16H,10-11,14-15H2. The van der Waals surface area contributed by atoms with Gasteiger partial charge in [-0.25, -0.2) is 14.4 Å². The lowest BCUT2D eigenvalue weighted by molar-refractivity contribution is 0.568. The molecular weight excluding hydrogens is 365 g/mol. The number of hydrogen-bond acceptors (Lipinski definition) is 4. The van der Waals surface area contributed by atoms with Gasteiger partial charge in [0.1, 0.15) is 17.8 Å². The molecule has 0 bridgehead atoms. The Morgan fingerprint density at radius 2 is 1.69 bits per heavy atom. The van der Waals surface area contributed by atoms with Crippen LogP contribution in [0.15, 0.2) is 73.3 Å². The third-order valence-corrected chi connectivity index (χ3v) is 5.37. The van der Waals surface area contributed by atoms with Gasteiger partial charge in [0.05, 0.1) is 6.54 Å². The molecule has 2 aromatic heterocycles. The SMILES string of the molecule is Fc1ccccc1Cn1nc(-c2cncnc2)c2c1CCN(c1ccccc1)C2. The Balaban J connectivity index is 1.57. The van der Waals surface area contributed by atoms with Crippen molar-refractivity contribution in [2.75, 3.05) is 11.4 Å². The first-order chi connectivity index (χ1) is 14.3. The van der Waals surface area contributed by atoms with Crippen molar-refractivity contribution in [2.24, 2.45) is 0 Å². The minimum atomic E-state index is -0.205. The fraction of sp³-hybridized carbons (Fsp3) is 0.174. The maximum atomic E-state index is 14.3. The highest BCUT2D eigenvalue weighted by Gasteiger charge is 2.26. The van der Waals surface area contributed by atoms with Gasteiger partial charge < -0.3 is 4.90 Å². The second-order valence-electron chi connectivity index (χ2n) is 7.16. The maximum absolute atomic E-state index is 14.3. The molecule has 0 unspecified atom stereocenters. The molecule has 29 heavy (non-hydrogen) atoms. The number of fused-ring (bicyclic) bond motifs is 1. The van der Waals surface area contributed by atoms with E-state index in [9.17, 15) is 4.39 Å². The molecule has 0 fully saturated rings. The number of hydrogen-bond donors (Lipinski definition) is 0. The molecule has 5 nitrogen and oxygen atoms in total. The van der Waals surface area contributed by atoms with E-state index in [1.54, 1.807) is 18.5 Å². The third-order valence-electron chi connectivity index (χ3n) is 5.37. The molecule has 1 aliphatic rings.